The summed E-state index contributed by atoms with van der Waals surface area (Å²) in [5.41, 5.74) is 0.732. The van der Waals surface area contributed by atoms with Crippen molar-refractivity contribution >= 4 is 16.6 Å². The number of fused-ring (bicyclic) bond motifs is 1. The molecule has 0 saturated heterocycles. The Kier molecular flexibility index (Phi) is 2.42. The molecule has 0 heterocycles. The van der Waals surface area contributed by atoms with E-state index < -0.39 is 0 Å². The quantitative estimate of drug-likeness (QED) is 0.696. The van der Waals surface area contributed by atoms with Gasteiger partial charge in [0.1, 0.15) is 5.75 Å². The van der Waals surface area contributed by atoms with Crippen molar-refractivity contribution in [1.82, 2.24) is 0 Å². The highest BCUT2D eigenvalue weighted by atomic mass is 16.5. The molecule has 0 radical (unpaired) electrons. The number of methoxy groups -OCH3 is 1. The van der Waals surface area contributed by atoms with Crippen LogP contribution in [0.2, 0.25) is 0 Å². The summed E-state index contributed by atoms with van der Waals surface area (Å²) >= 11 is 0. The molecule has 2 aromatic rings. The molecule has 0 aliphatic heterocycles. The summed E-state index contributed by atoms with van der Waals surface area (Å²) in [6.07, 6.45) is 0. The predicted molar refractivity (Wildman–Crippen MR) is 60.5 cm³/mol. The topological polar surface area (TPSA) is 26.3 Å². The van der Waals surface area contributed by atoms with Crippen molar-refractivity contribution in [3.8, 4) is 5.75 Å². The van der Waals surface area contributed by atoms with Crippen LogP contribution in [0.15, 0.2) is 36.4 Å². The fourth-order valence-electron chi connectivity index (χ4n) is 1.65. The summed E-state index contributed by atoms with van der Waals surface area (Å²) in [5, 5.41) is 2.06. The maximum Gasteiger partial charge on any atom is 0.159 e. The van der Waals surface area contributed by atoms with Gasteiger partial charge < -0.3 is 4.74 Å². The van der Waals surface area contributed by atoms with Crippen LogP contribution in [0.1, 0.15) is 17.3 Å². The second-order valence-corrected chi connectivity index (χ2v) is 3.45. The van der Waals surface area contributed by atoms with Gasteiger partial charge in [0.15, 0.2) is 5.78 Å². The molecule has 15 heavy (non-hydrogen) atoms. The van der Waals surface area contributed by atoms with Gasteiger partial charge in [-0.3, -0.25) is 4.79 Å². The molecule has 2 heteroatoms. The summed E-state index contributed by atoms with van der Waals surface area (Å²) in [5.74, 6) is 0.919. The van der Waals surface area contributed by atoms with E-state index in [1.807, 2.05) is 36.4 Å². The van der Waals surface area contributed by atoms with Gasteiger partial charge in [0, 0.05) is 10.9 Å². The number of hydrogen-bond donors (Lipinski definition) is 0. The Bertz CT molecular complexity index is 515. The third-order valence-corrected chi connectivity index (χ3v) is 2.47. The van der Waals surface area contributed by atoms with Gasteiger partial charge in [-0.15, -0.1) is 0 Å². The van der Waals surface area contributed by atoms with Crippen LogP contribution in [0.5, 0.6) is 5.75 Å². The molecule has 0 unspecified atom stereocenters. The van der Waals surface area contributed by atoms with E-state index in [4.69, 9.17) is 4.74 Å². The third-order valence-electron chi connectivity index (χ3n) is 2.47. The molecule has 76 valence electrons. The third kappa shape index (κ3) is 1.71. The minimum atomic E-state index is 0.0831. The van der Waals surface area contributed by atoms with Gasteiger partial charge in [-0.2, -0.15) is 0 Å². The van der Waals surface area contributed by atoms with Crippen LogP contribution < -0.4 is 4.74 Å². The Labute approximate surface area is 88.5 Å². The van der Waals surface area contributed by atoms with Crippen LogP contribution in [-0.2, 0) is 0 Å². The van der Waals surface area contributed by atoms with Crippen LogP contribution in [0.3, 0.4) is 0 Å². The van der Waals surface area contributed by atoms with Crippen molar-refractivity contribution in [3.05, 3.63) is 42.0 Å². The molecule has 2 rings (SSSR count). The molecule has 0 fully saturated rings. The minimum Gasteiger partial charge on any atom is -0.496 e. The van der Waals surface area contributed by atoms with Gasteiger partial charge in [0.2, 0.25) is 0 Å². The normalized spacial score (nSPS) is 10.3. The second-order valence-electron chi connectivity index (χ2n) is 3.45. The lowest BCUT2D eigenvalue weighted by Gasteiger charge is -2.05. The van der Waals surface area contributed by atoms with Crippen molar-refractivity contribution in [3.63, 3.8) is 0 Å². The van der Waals surface area contributed by atoms with Gasteiger partial charge in [-0.25, -0.2) is 0 Å². The van der Waals surface area contributed by atoms with Crippen LogP contribution in [-0.4, -0.2) is 12.9 Å². The van der Waals surface area contributed by atoms with E-state index in [0.29, 0.717) is 0 Å². The lowest BCUT2D eigenvalue weighted by molar-refractivity contribution is 0.101. The summed E-state index contributed by atoms with van der Waals surface area (Å²) < 4.78 is 5.24. The Balaban J connectivity index is 2.69. The number of carbonyl (C=O) groups is 1. The molecule has 2 nitrogen and oxygen atoms in total. The monoisotopic (exact) mass is 200 g/mol. The molecular formula is C13H12O2. The van der Waals surface area contributed by atoms with Gasteiger partial charge in [-0.05, 0) is 30.5 Å². The summed E-state index contributed by atoms with van der Waals surface area (Å²) in [6, 6.07) is 11.4. The summed E-state index contributed by atoms with van der Waals surface area (Å²) in [4.78, 5) is 11.2. The van der Waals surface area contributed by atoms with Crippen LogP contribution in [0, 0.1) is 0 Å². The zero-order valence-corrected chi connectivity index (χ0v) is 8.78. The Morgan fingerprint density at radius 2 is 2.00 bits per heavy atom. The minimum absolute atomic E-state index is 0.0831. The van der Waals surface area contributed by atoms with Crippen LogP contribution >= 0.6 is 0 Å². The Morgan fingerprint density at radius 1 is 1.20 bits per heavy atom. The van der Waals surface area contributed by atoms with E-state index in [9.17, 15) is 4.79 Å². The van der Waals surface area contributed by atoms with E-state index in [1.165, 1.54) is 0 Å². The first kappa shape index (κ1) is 9.71. The number of benzene rings is 2. The molecule has 0 bridgehead atoms. The lowest BCUT2D eigenvalue weighted by atomic mass is 10.0. The molecule has 0 aliphatic carbocycles. The van der Waals surface area contributed by atoms with Crippen molar-refractivity contribution < 1.29 is 9.53 Å². The number of ether oxygens (including phenoxy) is 1. The van der Waals surface area contributed by atoms with Gasteiger partial charge >= 0.3 is 0 Å². The number of carbonyl (C=O) groups excluding carboxylic acids is 1. The number of ketones is 1. The van der Waals surface area contributed by atoms with Crippen molar-refractivity contribution in [2.45, 2.75) is 6.92 Å². The van der Waals surface area contributed by atoms with Gasteiger partial charge in [0.25, 0.3) is 0 Å². The maximum absolute atomic E-state index is 11.2. The molecule has 0 aliphatic rings. The smallest absolute Gasteiger partial charge is 0.159 e. The van der Waals surface area contributed by atoms with Gasteiger partial charge in [0.05, 0.1) is 7.11 Å². The second kappa shape index (κ2) is 3.73. The molecular weight excluding hydrogens is 188 g/mol. The van der Waals surface area contributed by atoms with E-state index in [0.717, 1.165) is 22.1 Å². The molecule has 0 N–H and O–H groups in total. The fraction of sp³-hybridized carbons (Fsp3) is 0.154. The highest BCUT2D eigenvalue weighted by Gasteiger charge is 2.03. The summed E-state index contributed by atoms with van der Waals surface area (Å²) in [7, 11) is 1.65. The SMILES string of the molecule is COc1cccc2cc(C(C)=O)ccc12. The highest BCUT2D eigenvalue weighted by molar-refractivity contribution is 5.99. The first-order chi connectivity index (χ1) is 7.22. The Morgan fingerprint density at radius 3 is 2.67 bits per heavy atom. The molecule has 2 aromatic carbocycles. The van der Waals surface area contributed by atoms with Crippen LogP contribution in [0.25, 0.3) is 10.8 Å². The van der Waals surface area contributed by atoms with E-state index in [1.54, 1.807) is 14.0 Å². The lowest BCUT2D eigenvalue weighted by Crippen LogP contribution is -1.92. The molecule has 0 spiro atoms. The van der Waals surface area contributed by atoms with E-state index in [-0.39, 0.29) is 5.78 Å². The molecule has 0 amide bonds. The average Bonchev–Trinajstić information content (AvgIpc) is 2.27. The summed E-state index contributed by atoms with van der Waals surface area (Å²) in [6.45, 7) is 1.57. The van der Waals surface area contributed by atoms with Crippen molar-refractivity contribution in [2.75, 3.05) is 7.11 Å². The maximum atomic E-state index is 11.2. The standard InChI is InChI=1S/C13H12O2/c1-9(14)10-6-7-12-11(8-10)4-3-5-13(12)15-2/h3-8H,1-2H3. The largest absolute Gasteiger partial charge is 0.496 e. The molecule has 0 saturated carbocycles. The Hall–Kier alpha value is -1.83. The first-order valence-electron chi connectivity index (χ1n) is 4.80. The molecule has 0 aromatic heterocycles. The fourth-order valence-corrected chi connectivity index (χ4v) is 1.65. The number of rotatable bonds is 2. The number of hydrogen-bond acceptors (Lipinski definition) is 2. The molecule has 0 atom stereocenters. The van der Waals surface area contributed by atoms with Crippen LogP contribution in [0.4, 0.5) is 0 Å². The van der Waals surface area contributed by atoms with E-state index in [2.05, 4.69) is 0 Å². The van der Waals surface area contributed by atoms with E-state index >= 15 is 0 Å². The predicted octanol–water partition coefficient (Wildman–Crippen LogP) is 3.05. The average molecular weight is 200 g/mol. The number of Topliss-reactive ketones (excluding diaryl/α,β-unsaturated/α-hetero) is 1. The zero-order chi connectivity index (χ0) is 10.8. The van der Waals surface area contributed by atoms with Crippen molar-refractivity contribution in [2.24, 2.45) is 0 Å². The zero-order valence-electron chi connectivity index (χ0n) is 8.78. The highest BCUT2D eigenvalue weighted by Crippen LogP contribution is 2.25. The van der Waals surface area contributed by atoms with Gasteiger partial charge in [-0.1, -0.05) is 18.2 Å². The first-order valence-corrected chi connectivity index (χ1v) is 4.80. The van der Waals surface area contributed by atoms with Crippen molar-refractivity contribution in [1.29, 1.82) is 0 Å².